The van der Waals surface area contributed by atoms with Gasteiger partial charge in [0.2, 0.25) is 0 Å². The molecule has 1 N–H and O–H groups in total. The van der Waals surface area contributed by atoms with E-state index in [1.54, 1.807) is 24.3 Å². The molecular formula is C25H29NO5. The number of aliphatic hydroxyl groups is 1. The van der Waals surface area contributed by atoms with Crippen LogP contribution in [0.25, 0.3) is 5.76 Å². The highest BCUT2D eigenvalue weighted by atomic mass is 16.5. The summed E-state index contributed by atoms with van der Waals surface area (Å²) in [5.74, 6) is -0.795. The standard InChI is InChI=1S/C25H29NO5/c1-4-30-20-13-11-19(12-14-20)23(27)21-22(18-9-6-5-7-10-18)26(25(29)24(21)28)15-8-16-31-17(2)3/h5-7,9-14,17,22,27H,4,8,15-16H2,1-3H3. The number of carbonyl (C=O) groups is 2. The Labute approximate surface area is 183 Å². The number of hydrogen-bond acceptors (Lipinski definition) is 5. The van der Waals surface area contributed by atoms with Crippen LogP contribution < -0.4 is 4.74 Å². The maximum atomic E-state index is 13.0. The maximum absolute atomic E-state index is 13.0. The van der Waals surface area contributed by atoms with E-state index >= 15 is 0 Å². The molecule has 1 unspecified atom stereocenters. The van der Waals surface area contributed by atoms with Crippen LogP contribution in [0.2, 0.25) is 0 Å². The average molecular weight is 424 g/mol. The lowest BCUT2D eigenvalue weighted by atomic mass is 9.95. The normalized spacial score (nSPS) is 18.1. The second-order valence-corrected chi connectivity index (χ2v) is 7.63. The van der Waals surface area contributed by atoms with Crippen molar-refractivity contribution < 1.29 is 24.2 Å². The Morgan fingerprint density at radius 1 is 1.06 bits per heavy atom. The van der Waals surface area contributed by atoms with Gasteiger partial charge in [0.15, 0.2) is 0 Å². The molecule has 1 saturated heterocycles. The minimum absolute atomic E-state index is 0.0972. The van der Waals surface area contributed by atoms with Crippen molar-refractivity contribution in [1.82, 2.24) is 4.90 Å². The summed E-state index contributed by atoms with van der Waals surface area (Å²) in [6.07, 6.45) is 0.692. The Bertz CT molecular complexity index is 934. The van der Waals surface area contributed by atoms with Gasteiger partial charge in [-0.05, 0) is 57.0 Å². The smallest absolute Gasteiger partial charge is 0.295 e. The van der Waals surface area contributed by atoms with Gasteiger partial charge >= 0.3 is 0 Å². The molecule has 1 fully saturated rings. The van der Waals surface area contributed by atoms with Crippen LogP contribution in [0.5, 0.6) is 5.75 Å². The number of benzene rings is 2. The fourth-order valence-electron chi connectivity index (χ4n) is 3.68. The van der Waals surface area contributed by atoms with Crippen LogP contribution in [0, 0.1) is 0 Å². The summed E-state index contributed by atoms with van der Waals surface area (Å²) in [5, 5.41) is 11.0. The van der Waals surface area contributed by atoms with Crippen LogP contribution in [0.3, 0.4) is 0 Å². The number of aliphatic hydroxyl groups excluding tert-OH is 1. The molecule has 6 heteroatoms. The molecule has 1 amide bonds. The first-order valence-electron chi connectivity index (χ1n) is 10.6. The molecule has 0 aliphatic carbocycles. The van der Waals surface area contributed by atoms with E-state index in [1.165, 1.54) is 4.90 Å². The van der Waals surface area contributed by atoms with Gasteiger partial charge in [0.1, 0.15) is 11.5 Å². The number of Topliss-reactive ketones (excluding diaryl/α,β-unsaturated/α-hetero) is 1. The lowest BCUT2D eigenvalue weighted by Gasteiger charge is -2.25. The lowest BCUT2D eigenvalue weighted by Crippen LogP contribution is -2.31. The molecule has 2 aromatic rings. The third kappa shape index (κ3) is 5.14. The molecule has 0 radical (unpaired) electrons. The van der Waals surface area contributed by atoms with Crippen LogP contribution in [-0.4, -0.2) is 47.6 Å². The summed E-state index contributed by atoms with van der Waals surface area (Å²) >= 11 is 0. The Morgan fingerprint density at radius 3 is 2.35 bits per heavy atom. The largest absolute Gasteiger partial charge is 0.507 e. The SMILES string of the molecule is CCOc1ccc(C(O)=C2C(=O)C(=O)N(CCCOC(C)C)C2c2ccccc2)cc1. The molecule has 3 rings (SSSR count). The predicted octanol–water partition coefficient (Wildman–Crippen LogP) is 4.32. The van der Waals surface area contributed by atoms with Crippen LogP contribution >= 0.6 is 0 Å². The first-order chi connectivity index (χ1) is 14.9. The van der Waals surface area contributed by atoms with Crippen molar-refractivity contribution in [1.29, 1.82) is 0 Å². The molecule has 164 valence electrons. The van der Waals surface area contributed by atoms with E-state index in [4.69, 9.17) is 9.47 Å². The van der Waals surface area contributed by atoms with E-state index < -0.39 is 17.7 Å². The quantitative estimate of drug-likeness (QED) is 0.281. The summed E-state index contributed by atoms with van der Waals surface area (Å²) in [4.78, 5) is 27.4. The summed E-state index contributed by atoms with van der Waals surface area (Å²) in [7, 11) is 0. The first kappa shape index (κ1) is 22.6. The number of likely N-dealkylation sites (tertiary alicyclic amines) is 1. The molecule has 1 aliphatic rings. The Kier molecular flexibility index (Phi) is 7.47. The molecule has 1 atom stereocenters. The third-order valence-electron chi connectivity index (χ3n) is 5.09. The fourth-order valence-corrected chi connectivity index (χ4v) is 3.68. The van der Waals surface area contributed by atoms with Crippen LogP contribution in [-0.2, 0) is 14.3 Å². The predicted molar refractivity (Wildman–Crippen MR) is 119 cm³/mol. The molecule has 1 heterocycles. The lowest BCUT2D eigenvalue weighted by molar-refractivity contribution is -0.140. The van der Waals surface area contributed by atoms with Gasteiger partial charge in [-0.1, -0.05) is 30.3 Å². The molecule has 0 bridgehead atoms. The zero-order valence-corrected chi connectivity index (χ0v) is 18.2. The molecule has 2 aromatic carbocycles. The van der Waals surface area contributed by atoms with Crippen LogP contribution in [0.15, 0.2) is 60.2 Å². The average Bonchev–Trinajstić information content (AvgIpc) is 3.02. The van der Waals surface area contributed by atoms with Crippen LogP contribution in [0.1, 0.15) is 44.4 Å². The zero-order valence-electron chi connectivity index (χ0n) is 18.2. The van der Waals surface area contributed by atoms with Gasteiger partial charge in [0, 0.05) is 18.7 Å². The van der Waals surface area contributed by atoms with E-state index in [0.29, 0.717) is 37.5 Å². The van der Waals surface area contributed by atoms with E-state index in [-0.39, 0.29) is 17.4 Å². The molecule has 0 saturated carbocycles. The first-order valence-corrected chi connectivity index (χ1v) is 10.6. The van der Waals surface area contributed by atoms with Crippen molar-refractivity contribution in [2.75, 3.05) is 19.8 Å². The van der Waals surface area contributed by atoms with Gasteiger partial charge in [-0.2, -0.15) is 0 Å². The highest BCUT2D eigenvalue weighted by molar-refractivity contribution is 6.46. The minimum atomic E-state index is -0.676. The Balaban J connectivity index is 1.97. The van der Waals surface area contributed by atoms with Crippen molar-refractivity contribution in [3.05, 3.63) is 71.3 Å². The van der Waals surface area contributed by atoms with Crippen LogP contribution in [0.4, 0.5) is 0 Å². The number of carbonyl (C=O) groups excluding carboxylic acids is 2. The van der Waals surface area contributed by atoms with Crippen molar-refractivity contribution >= 4 is 17.4 Å². The highest BCUT2D eigenvalue weighted by Crippen LogP contribution is 2.39. The minimum Gasteiger partial charge on any atom is -0.507 e. The van der Waals surface area contributed by atoms with E-state index in [9.17, 15) is 14.7 Å². The van der Waals surface area contributed by atoms with Gasteiger partial charge in [-0.15, -0.1) is 0 Å². The second-order valence-electron chi connectivity index (χ2n) is 7.63. The molecule has 6 nitrogen and oxygen atoms in total. The summed E-state index contributed by atoms with van der Waals surface area (Å²) in [5.41, 5.74) is 1.34. The van der Waals surface area contributed by atoms with Gasteiger partial charge < -0.3 is 19.5 Å². The molecule has 0 aromatic heterocycles. The fraction of sp³-hybridized carbons (Fsp3) is 0.360. The van der Waals surface area contributed by atoms with Crippen molar-refractivity contribution in [2.24, 2.45) is 0 Å². The van der Waals surface area contributed by atoms with Gasteiger partial charge in [-0.3, -0.25) is 9.59 Å². The number of rotatable bonds is 9. The van der Waals surface area contributed by atoms with Gasteiger partial charge in [-0.25, -0.2) is 0 Å². The van der Waals surface area contributed by atoms with Gasteiger partial charge in [0.25, 0.3) is 11.7 Å². The molecular weight excluding hydrogens is 394 g/mol. The highest BCUT2D eigenvalue weighted by Gasteiger charge is 2.45. The monoisotopic (exact) mass is 423 g/mol. The topological polar surface area (TPSA) is 76.1 Å². The number of ketones is 1. The van der Waals surface area contributed by atoms with E-state index in [2.05, 4.69) is 0 Å². The number of ether oxygens (including phenoxy) is 2. The summed E-state index contributed by atoms with van der Waals surface area (Å²) in [6, 6.07) is 15.5. The Morgan fingerprint density at radius 2 is 1.74 bits per heavy atom. The number of amides is 1. The third-order valence-corrected chi connectivity index (χ3v) is 5.09. The second kappa shape index (κ2) is 10.3. The maximum Gasteiger partial charge on any atom is 0.295 e. The van der Waals surface area contributed by atoms with Crippen molar-refractivity contribution in [3.8, 4) is 5.75 Å². The Hall–Kier alpha value is -3.12. The van der Waals surface area contributed by atoms with E-state index in [0.717, 1.165) is 5.56 Å². The van der Waals surface area contributed by atoms with Crippen molar-refractivity contribution in [2.45, 2.75) is 39.3 Å². The number of hydrogen-bond donors (Lipinski definition) is 1. The molecule has 31 heavy (non-hydrogen) atoms. The molecule has 0 spiro atoms. The zero-order chi connectivity index (χ0) is 22.4. The van der Waals surface area contributed by atoms with Gasteiger partial charge in [0.05, 0.1) is 24.3 Å². The van der Waals surface area contributed by atoms with E-state index in [1.807, 2.05) is 51.1 Å². The summed E-state index contributed by atoms with van der Waals surface area (Å²) in [6.45, 7) is 7.17. The summed E-state index contributed by atoms with van der Waals surface area (Å²) < 4.78 is 11.0. The van der Waals surface area contributed by atoms with Crippen molar-refractivity contribution in [3.63, 3.8) is 0 Å². The molecule has 1 aliphatic heterocycles. The number of nitrogens with zero attached hydrogens (tertiary/aromatic N) is 1.